The average Bonchev–Trinajstić information content (AvgIpc) is 2.62. The molecule has 5 nitrogen and oxygen atoms in total. The second kappa shape index (κ2) is 7.83. The molecule has 1 heterocycles. The van der Waals surface area contributed by atoms with Crippen LogP contribution in [0.3, 0.4) is 0 Å². The molecule has 2 aromatic carbocycles. The minimum absolute atomic E-state index is 0.0802. The summed E-state index contributed by atoms with van der Waals surface area (Å²) < 4.78 is 0. The summed E-state index contributed by atoms with van der Waals surface area (Å²) in [5.41, 5.74) is 3.23. The third kappa shape index (κ3) is 4.18. The standard InChI is InChI=1S/C20H22N2O3/c23-19(24)14-18-17-9-5-4-8-16(17)11-13-22(18)20(25)21-12-10-15-6-2-1-3-7-15/h1-9,18H,10-14H2,(H,21,25)(H,23,24). The minimum Gasteiger partial charge on any atom is -0.481 e. The van der Waals surface area contributed by atoms with Crippen molar-refractivity contribution in [3.8, 4) is 0 Å². The Labute approximate surface area is 147 Å². The molecule has 0 spiro atoms. The van der Waals surface area contributed by atoms with E-state index in [0.29, 0.717) is 13.1 Å². The number of carboxylic acids is 1. The van der Waals surface area contributed by atoms with Crippen LogP contribution in [-0.4, -0.2) is 35.1 Å². The first-order valence-electron chi connectivity index (χ1n) is 8.53. The predicted octanol–water partition coefficient (Wildman–Crippen LogP) is 3.01. The largest absolute Gasteiger partial charge is 0.481 e. The summed E-state index contributed by atoms with van der Waals surface area (Å²) in [7, 11) is 0. The number of urea groups is 1. The summed E-state index contributed by atoms with van der Waals surface area (Å²) in [4.78, 5) is 25.6. The lowest BCUT2D eigenvalue weighted by Gasteiger charge is -2.36. The van der Waals surface area contributed by atoms with Crippen molar-refractivity contribution in [3.05, 3.63) is 71.3 Å². The monoisotopic (exact) mass is 338 g/mol. The molecule has 25 heavy (non-hydrogen) atoms. The van der Waals surface area contributed by atoms with Crippen LogP contribution in [0.2, 0.25) is 0 Å². The molecule has 1 aliphatic rings. The van der Waals surface area contributed by atoms with Gasteiger partial charge in [0.2, 0.25) is 0 Å². The zero-order valence-corrected chi connectivity index (χ0v) is 14.0. The fourth-order valence-corrected chi connectivity index (χ4v) is 3.34. The summed E-state index contributed by atoms with van der Waals surface area (Å²) in [5, 5.41) is 12.2. The molecule has 3 rings (SSSR count). The molecule has 1 aliphatic heterocycles. The normalized spacial score (nSPS) is 16.2. The second-order valence-electron chi connectivity index (χ2n) is 6.22. The van der Waals surface area contributed by atoms with E-state index in [1.54, 1.807) is 4.90 Å². The van der Waals surface area contributed by atoms with Crippen molar-refractivity contribution in [2.75, 3.05) is 13.1 Å². The van der Waals surface area contributed by atoms with Gasteiger partial charge in [-0.25, -0.2) is 4.79 Å². The second-order valence-corrected chi connectivity index (χ2v) is 6.22. The Morgan fingerprint density at radius 2 is 1.80 bits per heavy atom. The number of fused-ring (bicyclic) bond motifs is 1. The Kier molecular flexibility index (Phi) is 5.33. The number of rotatable bonds is 5. The molecule has 5 heteroatoms. The highest BCUT2D eigenvalue weighted by molar-refractivity contribution is 5.77. The summed E-state index contributed by atoms with van der Waals surface area (Å²) in [6.45, 7) is 1.06. The maximum absolute atomic E-state index is 12.6. The fourth-order valence-electron chi connectivity index (χ4n) is 3.34. The van der Waals surface area contributed by atoms with Gasteiger partial charge in [-0.15, -0.1) is 0 Å². The van der Waals surface area contributed by atoms with Gasteiger partial charge in [-0.3, -0.25) is 4.79 Å². The van der Waals surface area contributed by atoms with E-state index in [1.165, 1.54) is 0 Å². The highest BCUT2D eigenvalue weighted by Crippen LogP contribution is 2.32. The first kappa shape index (κ1) is 17.0. The Bertz CT molecular complexity index is 746. The SMILES string of the molecule is O=C(O)CC1c2ccccc2CCN1C(=O)NCCc1ccccc1. The number of benzene rings is 2. The maximum atomic E-state index is 12.6. The van der Waals surface area contributed by atoms with Crippen molar-refractivity contribution in [1.82, 2.24) is 10.2 Å². The molecule has 2 amide bonds. The van der Waals surface area contributed by atoms with Crippen LogP contribution in [0, 0.1) is 0 Å². The first-order valence-corrected chi connectivity index (χ1v) is 8.53. The lowest BCUT2D eigenvalue weighted by Crippen LogP contribution is -2.46. The zero-order chi connectivity index (χ0) is 17.6. The number of nitrogens with one attached hydrogen (secondary N) is 1. The molecule has 0 saturated heterocycles. The van der Waals surface area contributed by atoms with E-state index >= 15 is 0 Å². The Morgan fingerprint density at radius 1 is 1.08 bits per heavy atom. The lowest BCUT2D eigenvalue weighted by molar-refractivity contribution is -0.138. The number of aliphatic carboxylic acids is 1. The molecular weight excluding hydrogens is 316 g/mol. The molecule has 0 fully saturated rings. The molecule has 0 aromatic heterocycles. The summed E-state index contributed by atoms with van der Waals surface area (Å²) in [5.74, 6) is -0.899. The van der Waals surface area contributed by atoms with Crippen molar-refractivity contribution in [1.29, 1.82) is 0 Å². The minimum atomic E-state index is -0.899. The van der Waals surface area contributed by atoms with Gasteiger partial charge < -0.3 is 15.3 Å². The van der Waals surface area contributed by atoms with Gasteiger partial charge >= 0.3 is 12.0 Å². The predicted molar refractivity (Wildman–Crippen MR) is 95.4 cm³/mol. The lowest BCUT2D eigenvalue weighted by atomic mass is 9.91. The number of carbonyl (C=O) groups is 2. The number of carboxylic acid groups (broad SMARTS) is 1. The van der Waals surface area contributed by atoms with Crippen molar-refractivity contribution in [2.24, 2.45) is 0 Å². The average molecular weight is 338 g/mol. The van der Waals surface area contributed by atoms with Gasteiger partial charge in [0.25, 0.3) is 0 Å². The Morgan fingerprint density at radius 3 is 2.56 bits per heavy atom. The summed E-state index contributed by atoms with van der Waals surface area (Å²) in [6.07, 6.45) is 1.42. The smallest absolute Gasteiger partial charge is 0.317 e. The molecular formula is C20H22N2O3. The van der Waals surface area contributed by atoms with Gasteiger partial charge in [0, 0.05) is 13.1 Å². The fraction of sp³-hybridized carbons (Fsp3) is 0.300. The third-order valence-corrected chi connectivity index (χ3v) is 4.57. The number of nitrogens with zero attached hydrogens (tertiary/aromatic N) is 1. The number of hydrogen-bond acceptors (Lipinski definition) is 2. The molecule has 0 radical (unpaired) electrons. The van der Waals surface area contributed by atoms with Crippen LogP contribution in [-0.2, 0) is 17.6 Å². The van der Waals surface area contributed by atoms with E-state index in [0.717, 1.165) is 29.5 Å². The molecule has 2 aromatic rings. The van der Waals surface area contributed by atoms with Gasteiger partial charge in [-0.1, -0.05) is 54.6 Å². The van der Waals surface area contributed by atoms with Gasteiger partial charge in [0.15, 0.2) is 0 Å². The van der Waals surface area contributed by atoms with E-state index < -0.39 is 12.0 Å². The van der Waals surface area contributed by atoms with Gasteiger partial charge in [-0.2, -0.15) is 0 Å². The molecule has 130 valence electrons. The van der Waals surface area contributed by atoms with Crippen LogP contribution < -0.4 is 5.32 Å². The van der Waals surface area contributed by atoms with E-state index in [4.69, 9.17) is 0 Å². The topological polar surface area (TPSA) is 69.6 Å². The Hall–Kier alpha value is -2.82. The number of hydrogen-bond donors (Lipinski definition) is 2. The maximum Gasteiger partial charge on any atom is 0.317 e. The van der Waals surface area contributed by atoms with Gasteiger partial charge in [-0.05, 0) is 29.5 Å². The highest BCUT2D eigenvalue weighted by Gasteiger charge is 2.32. The van der Waals surface area contributed by atoms with Crippen LogP contribution in [0.25, 0.3) is 0 Å². The van der Waals surface area contributed by atoms with Crippen LogP contribution in [0.15, 0.2) is 54.6 Å². The summed E-state index contributed by atoms with van der Waals surface area (Å²) >= 11 is 0. The van der Waals surface area contributed by atoms with Crippen molar-refractivity contribution >= 4 is 12.0 Å². The van der Waals surface area contributed by atoms with Crippen molar-refractivity contribution in [2.45, 2.75) is 25.3 Å². The Balaban J connectivity index is 1.67. The molecule has 0 bridgehead atoms. The van der Waals surface area contributed by atoms with Gasteiger partial charge in [0.1, 0.15) is 0 Å². The van der Waals surface area contributed by atoms with Crippen molar-refractivity contribution in [3.63, 3.8) is 0 Å². The molecule has 0 saturated carbocycles. The van der Waals surface area contributed by atoms with Crippen LogP contribution >= 0.6 is 0 Å². The van der Waals surface area contributed by atoms with Crippen LogP contribution in [0.4, 0.5) is 4.79 Å². The molecule has 1 atom stereocenters. The molecule has 1 unspecified atom stereocenters. The highest BCUT2D eigenvalue weighted by atomic mass is 16.4. The van der Waals surface area contributed by atoms with Gasteiger partial charge in [0.05, 0.1) is 12.5 Å². The number of carbonyl (C=O) groups excluding carboxylic acids is 1. The third-order valence-electron chi connectivity index (χ3n) is 4.57. The quantitative estimate of drug-likeness (QED) is 0.880. The summed E-state index contributed by atoms with van der Waals surface area (Å²) in [6, 6.07) is 17.1. The first-order chi connectivity index (χ1) is 12.1. The molecule has 2 N–H and O–H groups in total. The van der Waals surface area contributed by atoms with E-state index in [9.17, 15) is 14.7 Å². The molecule has 0 aliphatic carbocycles. The van der Waals surface area contributed by atoms with E-state index in [-0.39, 0.29) is 12.5 Å². The van der Waals surface area contributed by atoms with Crippen molar-refractivity contribution < 1.29 is 14.7 Å². The van der Waals surface area contributed by atoms with Crippen LogP contribution in [0.5, 0.6) is 0 Å². The van der Waals surface area contributed by atoms with Crippen LogP contribution in [0.1, 0.15) is 29.2 Å². The zero-order valence-electron chi connectivity index (χ0n) is 14.0. The number of amides is 2. The van der Waals surface area contributed by atoms with E-state index in [1.807, 2.05) is 54.6 Å². The van der Waals surface area contributed by atoms with E-state index in [2.05, 4.69) is 5.32 Å².